The molecule has 0 saturated carbocycles. The van der Waals surface area contributed by atoms with Crippen molar-refractivity contribution in [2.24, 2.45) is 0 Å². The molecule has 10 nitrogen and oxygen atoms in total. The minimum atomic E-state index is -0.381. The first kappa shape index (κ1) is 24.6. The number of ketones is 1. The molecule has 10 heteroatoms. The number of aromatic amines is 1. The summed E-state index contributed by atoms with van der Waals surface area (Å²) >= 11 is 0. The van der Waals surface area contributed by atoms with E-state index in [9.17, 15) is 9.59 Å². The topological polar surface area (TPSA) is 106 Å². The van der Waals surface area contributed by atoms with Gasteiger partial charge in [-0.3, -0.25) is 15.3 Å². The summed E-state index contributed by atoms with van der Waals surface area (Å²) in [4.78, 5) is 31.2. The third-order valence-electron chi connectivity index (χ3n) is 7.83. The number of hydrogen-bond donors (Lipinski definition) is 3. The molecule has 0 radical (unpaired) electrons. The molecule has 38 heavy (non-hydrogen) atoms. The number of anilines is 2. The van der Waals surface area contributed by atoms with Crippen LogP contribution in [0.5, 0.6) is 0 Å². The van der Waals surface area contributed by atoms with Gasteiger partial charge in [0.15, 0.2) is 5.78 Å². The van der Waals surface area contributed by atoms with Crippen LogP contribution in [0, 0.1) is 0 Å². The highest BCUT2D eigenvalue weighted by atomic mass is 16.5. The number of aromatic nitrogens is 2. The number of nitrogens with one attached hydrogen (secondary N) is 3. The van der Waals surface area contributed by atoms with Crippen LogP contribution >= 0.6 is 0 Å². The molecule has 0 unspecified atom stereocenters. The lowest BCUT2D eigenvalue weighted by Gasteiger charge is -2.34. The Morgan fingerprint density at radius 2 is 1.79 bits per heavy atom. The second-order valence-electron chi connectivity index (χ2n) is 10.2. The van der Waals surface area contributed by atoms with E-state index in [1.54, 1.807) is 6.07 Å². The normalized spacial score (nSPS) is 18.0. The molecular weight excluding hydrogens is 482 g/mol. The van der Waals surface area contributed by atoms with Gasteiger partial charge in [0, 0.05) is 69.3 Å². The predicted octanol–water partition coefficient (Wildman–Crippen LogP) is 3.19. The number of nitrogens with zero attached hydrogens (tertiary/aromatic N) is 4. The first-order valence-corrected chi connectivity index (χ1v) is 13.2. The van der Waals surface area contributed by atoms with Crippen LogP contribution in [0.25, 0.3) is 22.5 Å². The molecule has 1 aliphatic carbocycles. The molecule has 2 amide bonds. The van der Waals surface area contributed by atoms with Crippen molar-refractivity contribution in [1.29, 1.82) is 0 Å². The van der Waals surface area contributed by atoms with Crippen LogP contribution in [-0.2, 0) is 4.74 Å². The zero-order valence-corrected chi connectivity index (χ0v) is 21.8. The minimum absolute atomic E-state index is 0.143. The zero-order valence-electron chi connectivity index (χ0n) is 21.8. The molecule has 0 atom stereocenters. The molecule has 3 aromatic rings. The Bertz CT molecular complexity index is 1340. The fourth-order valence-electron chi connectivity index (χ4n) is 5.57. The molecule has 2 fully saturated rings. The summed E-state index contributed by atoms with van der Waals surface area (Å²) in [6.45, 7) is 5.45. The average Bonchev–Trinajstić information content (AvgIpc) is 3.50. The Hall–Kier alpha value is -3.73. The largest absolute Gasteiger partial charge is 0.381 e. The maximum atomic E-state index is 13.7. The Balaban J connectivity index is 1.20. The number of ether oxygens (including phenoxy) is 1. The minimum Gasteiger partial charge on any atom is -0.381 e. The second-order valence-corrected chi connectivity index (χ2v) is 10.2. The van der Waals surface area contributed by atoms with Gasteiger partial charge in [-0.1, -0.05) is 24.3 Å². The van der Waals surface area contributed by atoms with Gasteiger partial charge in [0.1, 0.15) is 5.69 Å². The first-order chi connectivity index (χ1) is 18.5. The number of piperazine rings is 1. The van der Waals surface area contributed by atoms with Gasteiger partial charge < -0.3 is 19.9 Å². The average molecular weight is 516 g/mol. The summed E-state index contributed by atoms with van der Waals surface area (Å²) < 4.78 is 5.41. The number of carbonyl (C=O) groups is 2. The van der Waals surface area contributed by atoms with Gasteiger partial charge in [0.2, 0.25) is 0 Å². The van der Waals surface area contributed by atoms with Crippen molar-refractivity contribution in [3.05, 3.63) is 53.6 Å². The Kier molecular flexibility index (Phi) is 6.61. The SMILES string of the molecule is CN1CCN(c2ccc(-c3n[nH]c4c3C(=O)c3c(NC(=O)NN(C)C5CCOCC5)cccc3-4)cc2)CC1. The highest BCUT2D eigenvalue weighted by Gasteiger charge is 2.35. The van der Waals surface area contributed by atoms with Crippen LogP contribution in [0.2, 0.25) is 0 Å². The molecule has 3 aliphatic rings. The lowest BCUT2D eigenvalue weighted by molar-refractivity contribution is 0.0312. The molecule has 0 spiro atoms. The molecule has 1 aromatic heterocycles. The summed E-state index contributed by atoms with van der Waals surface area (Å²) in [6.07, 6.45) is 1.72. The lowest BCUT2D eigenvalue weighted by Crippen LogP contribution is -2.49. The fourth-order valence-corrected chi connectivity index (χ4v) is 5.57. The van der Waals surface area contributed by atoms with Gasteiger partial charge >= 0.3 is 6.03 Å². The molecule has 2 aliphatic heterocycles. The molecule has 3 N–H and O–H groups in total. The molecule has 198 valence electrons. The van der Waals surface area contributed by atoms with E-state index in [4.69, 9.17) is 4.74 Å². The van der Waals surface area contributed by atoms with Crippen LogP contribution in [0.3, 0.4) is 0 Å². The van der Waals surface area contributed by atoms with Crippen molar-refractivity contribution in [2.75, 3.05) is 63.7 Å². The monoisotopic (exact) mass is 515 g/mol. The molecule has 2 saturated heterocycles. The number of hydrazine groups is 1. The van der Waals surface area contributed by atoms with Crippen LogP contribution < -0.4 is 15.6 Å². The second kappa shape index (κ2) is 10.2. The van der Waals surface area contributed by atoms with Crippen molar-refractivity contribution in [2.45, 2.75) is 18.9 Å². The van der Waals surface area contributed by atoms with Crippen molar-refractivity contribution in [1.82, 2.24) is 25.5 Å². The molecule has 3 heterocycles. The summed E-state index contributed by atoms with van der Waals surface area (Å²) in [5.41, 5.74) is 8.49. The highest BCUT2D eigenvalue weighted by Crippen LogP contribution is 2.43. The van der Waals surface area contributed by atoms with Crippen LogP contribution in [0.15, 0.2) is 42.5 Å². The third-order valence-corrected chi connectivity index (χ3v) is 7.83. The number of rotatable bonds is 5. The first-order valence-electron chi connectivity index (χ1n) is 13.2. The summed E-state index contributed by atoms with van der Waals surface area (Å²) in [7, 11) is 4.00. The number of fused-ring (bicyclic) bond motifs is 3. The number of benzene rings is 2. The highest BCUT2D eigenvalue weighted by molar-refractivity contribution is 6.26. The van der Waals surface area contributed by atoms with Crippen molar-refractivity contribution in [3.8, 4) is 22.5 Å². The molecule has 2 aromatic carbocycles. The molecular formula is C28H33N7O3. The number of likely N-dealkylation sites (N-methyl/N-ethyl adjacent to an activating group) is 1. The van der Waals surface area contributed by atoms with E-state index in [0.717, 1.165) is 50.1 Å². The number of carbonyl (C=O) groups excluding carboxylic acids is 2. The summed E-state index contributed by atoms with van der Waals surface area (Å²) in [6, 6.07) is 13.6. The van der Waals surface area contributed by atoms with Crippen molar-refractivity contribution in [3.63, 3.8) is 0 Å². The van der Waals surface area contributed by atoms with Crippen molar-refractivity contribution >= 4 is 23.2 Å². The van der Waals surface area contributed by atoms with Crippen molar-refractivity contribution < 1.29 is 14.3 Å². The zero-order chi connectivity index (χ0) is 26.2. The van der Waals surface area contributed by atoms with Crippen LogP contribution in [0.1, 0.15) is 28.8 Å². The summed E-state index contributed by atoms with van der Waals surface area (Å²) in [5.74, 6) is -0.143. The Morgan fingerprint density at radius 1 is 1.05 bits per heavy atom. The van der Waals surface area contributed by atoms with E-state index in [0.29, 0.717) is 41.4 Å². The van der Waals surface area contributed by atoms with Gasteiger partial charge in [0.25, 0.3) is 0 Å². The van der Waals surface area contributed by atoms with E-state index < -0.39 is 0 Å². The smallest absolute Gasteiger partial charge is 0.333 e. The van der Waals surface area contributed by atoms with Gasteiger partial charge in [-0.15, -0.1) is 0 Å². The number of amides is 2. The standard InChI is InChI=1S/C28H33N7O3/c1-33-12-14-35(15-13-33)20-8-6-18(7-9-20)25-24-26(31-30-25)21-4-3-5-22(23(21)27(24)36)29-28(37)32-34(2)19-10-16-38-17-11-19/h3-9,19H,10-17H2,1-2H3,(H,30,31)(H2,29,32,37). The Labute approximate surface area is 221 Å². The van der Waals surface area contributed by atoms with Gasteiger partial charge in [-0.2, -0.15) is 5.10 Å². The van der Waals surface area contributed by atoms with Crippen LogP contribution in [0.4, 0.5) is 16.2 Å². The summed E-state index contributed by atoms with van der Waals surface area (Å²) in [5, 5.41) is 12.3. The van der Waals surface area contributed by atoms with E-state index in [1.165, 1.54) is 5.69 Å². The molecule has 6 rings (SSSR count). The lowest BCUT2D eigenvalue weighted by atomic mass is 10.0. The number of urea groups is 1. The third kappa shape index (κ3) is 4.55. The predicted molar refractivity (Wildman–Crippen MR) is 146 cm³/mol. The van der Waals surface area contributed by atoms with E-state index in [-0.39, 0.29) is 17.9 Å². The van der Waals surface area contributed by atoms with Crippen LogP contribution in [-0.4, -0.2) is 91.5 Å². The number of hydrogen-bond acceptors (Lipinski definition) is 7. The maximum Gasteiger partial charge on any atom is 0.333 e. The maximum absolute atomic E-state index is 13.7. The quantitative estimate of drug-likeness (QED) is 0.351. The molecule has 0 bridgehead atoms. The fraction of sp³-hybridized carbons (Fsp3) is 0.393. The van der Waals surface area contributed by atoms with Gasteiger partial charge in [-0.25, -0.2) is 9.80 Å². The van der Waals surface area contributed by atoms with E-state index in [1.807, 2.05) is 36.3 Å². The van der Waals surface area contributed by atoms with E-state index in [2.05, 4.69) is 49.9 Å². The van der Waals surface area contributed by atoms with Gasteiger partial charge in [-0.05, 0) is 38.1 Å². The Morgan fingerprint density at radius 3 is 2.53 bits per heavy atom. The van der Waals surface area contributed by atoms with Gasteiger partial charge in [0.05, 0.1) is 22.5 Å². The number of H-pyrrole nitrogens is 1. The van der Waals surface area contributed by atoms with E-state index >= 15 is 0 Å².